The molecular weight excluding hydrogens is 198 g/mol. The van der Waals surface area contributed by atoms with Crippen molar-refractivity contribution in [3.8, 4) is 5.75 Å². The highest BCUT2D eigenvalue weighted by Gasteiger charge is 2.19. The van der Waals surface area contributed by atoms with Crippen LogP contribution in [0.2, 0.25) is 0 Å². The highest BCUT2D eigenvalue weighted by Crippen LogP contribution is 2.26. The van der Waals surface area contributed by atoms with Crippen LogP contribution in [0.4, 0.5) is 0 Å². The van der Waals surface area contributed by atoms with Crippen LogP contribution in [0.5, 0.6) is 5.75 Å². The van der Waals surface area contributed by atoms with Crippen molar-refractivity contribution in [1.82, 2.24) is 0 Å². The molecule has 1 aromatic rings. The van der Waals surface area contributed by atoms with Crippen LogP contribution < -0.4 is 0 Å². The number of para-hydroxylation sites is 1. The second-order valence-electron chi connectivity index (χ2n) is 4.67. The molecular formula is C14H19NO. The summed E-state index contributed by atoms with van der Waals surface area (Å²) in [4.78, 5) is 4.61. The Bertz CT molecular complexity index is 373. The van der Waals surface area contributed by atoms with Gasteiger partial charge in [0.2, 0.25) is 0 Å². The predicted octanol–water partition coefficient (Wildman–Crippen LogP) is 3.39. The Hall–Kier alpha value is -1.31. The number of aromatic hydroxyl groups is 1. The van der Waals surface area contributed by atoms with Crippen molar-refractivity contribution >= 4 is 6.21 Å². The highest BCUT2D eigenvalue weighted by molar-refractivity contribution is 5.83. The van der Waals surface area contributed by atoms with Crippen LogP contribution in [-0.4, -0.2) is 17.4 Å². The number of hydrogen-bond donors (Lipinski definition) is 1. The van der Waals surface area contributed by atoms with Gasteiger partial charge in [-0.15, -0.1) is 0 Å². The third-order valence-electron chi connectivity index (χ3n) is 3.41. The van der Waals surface area contributed by atoms with Gasteiger partial charge in [-0.1, -0.05) is 31.9 Å². The summed E-state index contributed by atoms with van der Waals surface area (Å²) < 4.78 is 0. The molecule has 0 aromatic heterocycles. The van der Waals surface area contributed by atoms with Crippen LogP contribution in [0.15, 0.2) is 29.3 Å². The van der Waals surface area contributed by atoms with Crippen LogP contribution in [0.25, 0.3) is 0 Å². The lowest BCUT2D eigenvalue weighted by molar-refractivity contribution is 0.333. The van der Waals surface area contributed by atoms with Crippen molar-refractivity contribution in [2.24, 2.45) is 10.9 Å². The molecule has 2 rings (SSSR count). The SMILES string of the molecule is CC1CCCCC1N=Cc1ccccc1O. The first-order chi connectivity index (χ1) is 7.77. The fourth-order valence-electron chi connectivity index (χ4n) is 2.29. The summed E-state index contributed by atoms with van der Waals surface area (Å²) in [7, 11) is 0. The third-order valence-corrected chi connectivity index (χ3v) is 3.41. The van der Waals surface area contributed by atoms with Crippen LogP contribution >= 0.6 is 0 Å². The van der Waals surface area contributed by atoms with E-state index in [2.05, 4.69) is 11.9 Å². The average molecular weight is 217 g/mol. The second kappa shape index (κ2) is 5.15. The molecule has 1 saturated carbocycles. The van der Waals surface area contributed by atoms with Gasteiger partial charge in [-0.2, -0.15) is 0 Å². The zero-order valence-corrected chi connectivity index (χ0v) is 9.76. The van der Waals surface area contributed by atoms with Gasteiger partial charge in [-0.25, -0.2) is 0 Å². The Kier molecular flexibility index (Phi) is 3.60. The number of phenols is 1. The smallest absolute Gasteiger partial charge is 0.124 e. The number of rotatable bonds is 2. The molecule has 0 heterocycles. The predicted molar refractivity (Wildman–Crippen MR) is 67.1 cm³/mol. The summed E-state index contributed by atoms with van der Waals surface area (Å²) in [6.07, 6.45) is 6.91. The summed E-state index contributed by atoms with van der Waals surface area (Å²) in [6, 6.07) is 7.78. The maximum atomic E-state index is 9.61. The van der Waals surface area contributed by atoms with E-state index in [1.165, 1.54) is 25.7 Å². The summed E-state index contributed by atoms with van der Waals surface area (Å²) in [5, 5.41) is 9.61. The van der Waals surface area contributed by atoms with Gasteiger partial charge < -0.3 is 5.11 Å². The highest BCUT2D eigenvalue weighted by atomic mass is 16.3. The number of aliphatic imine (C=N–C) groups is 1. The van der Waals surface area contributed by atoms with E-state index in [1.807, 2.05) is 24.4 Å². The van der Waals surface area contributed by atoms with Crippen molar-refractivity contribution in [2.75, 3.05) is 0 Å². The van der Waals surface area contributed by atoms with Crippen LogP contribution in [0, 0.1) is 5.92 Å². The monoisotopic (exact) mass is 217 g/mol. The molecule has 0 spiro atoms. The van der Waals surface area contributed by atoms with E-state index in [9.17, 15) is 5.11 Å². The summed E-state index contributed by atoms with van der Waals surface area (Å²) in [6.45, 7) is 2.27. The average Bonchev–Trinajstić information content (AvgIpc) is 2.30. The van der Waals surface area contributed by atoms with Gasteiger partial charge in [0.15, 0.2) is 0 Å². The standard InChI is InChI=1S/C14H19NO/c1-11-6-2-4-8-13(11)15-10-12-7-3-5-9-14(12)16/h3,5,7,9-11,13,16H,2,4,6,8H2,1H3. The molecule has 0 saturated heterocycles. The molecule has 1 aliphatic rings. The molecule has 16 heavy (non-hydrogen) atoms. The van der Waals surface area contributed by atoms with Crippen molar-refractivity contribution in [3.05, 3.63) is 29.8 Å². The van der Waals surface area contributed by atoms with E-state index in [0.29, 0.717) is 17.7 Å². The van der Waals surface area contributed by atoms with E-state index < -0.39 is 0 Å². The van der Waals surface area contributed by atoms with Gasteiger partial charge in [0.05, 0.1) is 6.04 Å². The summed E-state index contributed by atoms with van der Waals surface area (Å²) >= 11 is 0. The van der Waals surface area contributed by atoms with E-state index in [1.54, 1.807) is 6.07 Å². The molecule has 2 nitrogen and oxygen atoms in total. The molecule has 1 aromatic carbocycles. The zero-order chi connectivity index (χ0) is 11.4. The van der Waals surface area contributed by atoms with Gasteiger partial charge in [0, 0.05) is 11.8 Å². The van der Waals surface area contributed by atoms with Gasteiger partial charge in [-0.05, 0) is 30.9 Å². The number of phenolic OH excluding ortho intramolecular Hbond substituents is 1. The van der Waals surface area contributed by atoms with E-state index in [0.717, 1.165) is 5.56 Å². The Labute approximate surface area is 97.0 Å². The quantitative estimate of drug-likeness (QED) is 0.757. The van der Waals surface area contributed by atoms with Crippen molar-refractivity contribution in [3.63, 3.8) is 0 Å². The molecule has 2 atom stereocenters. The van der Waals surface area contributed by atoms with Crippen LogP contribution in [0.3, 0.4) is 0 Å². The Balaban J connectivity index is 2.06. The molecule has 1 N–H and O–H groups in total. The molecule has 2 heteroatoms. The van der Waals surface area contributed by atoms with Gasteiger partial charge in [-0.3, -0.25) is 4.99 Å². The minimum atomic E-state index is 0.315. The Morgan fingerprint density at radius 1 is 1.25 bits per heavy atom. The van der Waals surface area contributed by atoms with Gasteiger partial charge in [0.1, 0.15) is 5.75 Å². The fraction of sp³-hybridized carbons (Fsp3) is 0.500. The third kappa shape index (κ3) is 2.63. The molecule has 0 aliphatic heterocycles. The molecule has 86 valence electrons. The van der Waals surface area contributed by atoms with Crippen LogP contribution in [0.1, 0.15) is 38.2 Å². The maximum absolute atomic E-state index is 9.61. The summed E-state index contributed by atoms with van der Waals surface area (Å²) in [5.41, 5.74) is 0.820. The number of hydrogen-bond acceptors (Lipinski definition) is 2. The molecule has 0 bridgehead atoms. The normalized spacial score (nSPS) is 26.1. The van der Waals surface area contributed by atoms with Crippen LogP contribution in [-0.2, 0) is 0 Å². The first-order valence-corrected chi connectivity index (χ1v) is 6.08. The lowest BCUT2D eigenvalue weighted by Gasteiger charge is -2.25. The molecule has 1 aliphatic carbocycles. The number of benzene rings is 1. The lowest BCUT2D eigenvalue weighted by atomic mass is 9.86. The minimum Gasteiger partial charge on any atom is -0.507 e. The second-order valence-corrected chi connectivity index (χ2v) is 4.67. The van der Waals surface area contributed by atoms with Crippen molar-refractivity contribution in [2.45, 2.75) is 38.6 Å². The molecule has 0 amide bonds. The molecule has 0 radical (unpaired) electrons. The Morgan fingerprint density at radius 2 is 2.00 bits per heavy atom. The summed E-state index contributed by atoms with van der Waals surface area (Å²) in [5.74, 6) is 0.991. The first-order valence-electron chi connectivity index (χ1n) is 6.08. The zero-order valence-electron chi connectivity index (χ0n) is 9.76. The Morgan fingerprint density at radius 3 is 2.75 bits per heavy atom. The number of nitrogens with zero attached hydrogens (tertiary/aromatic N) is 1. The van der Waals surface area contributed by atoms with Crippen molar-refractivity contribution in [1.29, 1.82) is 0 Å². The van der Waals surface area contributed by atoms with E-state index in [-0.39, 0.29) is 0 Å². The van der Waals surface area contributed by atoms with Crippen molar-refractivity contribution < 1.29 is 5.11 Å². The van der Waals surface area contributed by atoms with E-state index >= 15 is 0 Å². The maximum Gasteiger partial charge on any atom is 0.124 e. The first kappa shape index (κ1) is 11.2. The molecule has 2 unspecified atom stereocenters. The van der Waals surface area contributed by atoms with Gasteiger partial charge in [0.25, 0.3) is 0 Å². The lowest BCUT2D eigenvalue weighted by Crippen LogP contribution is -2.20. The largest absolute Gasteiger partial charge is 0.507 e. The topological polar surface area (TPSA) is 32.6 Å². The van der Waals surface area contributed by atoms with Gasteiger partial charge >= 0.3 is 0 Å². The fourth-order valence-corrected chi connectivity index (χ4v) is 2.29. The molecule has 1 fully saturated rings. The van der Waals surface area contributed by atoms with E-state index in [4.69, 9.17) is 0 Å². The minimum absolute atomic E-state index is 0.315.